The zero-order valence-corrected chi connectivity index (χ0v) is 18.5. The molecule has 0 aliphatic heterocycles. The first kappa shape index (κ1) is 20.0. The molecule has 3 aromatic carbocycles. The van der Waals surface area contributed by atoms with E-state index in [9.17, 15) is 9.59 Å². The van der Waals surface area contributed by atoms with Crippen molar-refractivity contribution in [3.05, 3.63) is 93.5 Å². The Balaban J connectivity index is 1.56. The topological polar surface area (TPSA) is 92.9 Å². The van der Waals surface area contributed by atoms with Crippen LogP contribution >= 0.6 is 15.9 Å². The van der Waals surface area contributed by atoms with Gasteiger partial charge >= 0.3 is 5.76 Å². The number of carbonyl (C=O) groups excluding carboxylic acids is 1. The number of amides is 1. The lowest BCUT2D eigenvalue weighted by Crippen LogP contribution is -2.16. The Kier molecular flexibility index (Phi) is 4.99. The standard InChI is InChI=1S/C24H17BrN4O3/c1-29-20(12-15-8-5-9-17(21(15)29)14-6-3-2-4-7-14)23(30)26-19-11-10-16(25)13-18(19)22-27-24(31)32-28-22/h2-13H,1H3,(H,26,30)(H,27,28,31). The molecule has 2 aromatic heterocycles. The Hall–Kier alpha value is -3.91. The first-order valence-corrected chi connectivity index (χ1v) is 10.6. The van der Waals surface area contributed by atoms with Crippen molar-refractivity contribution in [3.63, 3.8) is 0 Å². The highest BCUT2D eigenvalue weighted by atomic mass is 79.9. The van der Waals surface area contributed by atoms with Gasteiger partial charge < -0.3 is 9.88 Å². The highest BCUT2D eigenvalue weighted by molar-refractivity contribution is 9.10. The van der Waals surface area contributed by atoms with Crippen LogP contribution in [0.1, 0.15) is 10.5 Å². The number of nitrogens with one attached hydrogen (secondary N) is 2. The van der Waals surface area contributed by atoms with E-state index in [1.165, 1.54) is 0 Å². The maximum atomic E-state index is 13.3. The Labute approximate surface area is 190 Å². The van der Waals surface area contributed by atoms with E-state index < -0.39 is 5.76 Å². The molecule has 158 valence electrons. The average Bonchev–Trinajstić information content (AvgIpc) is 3.39. The van der Waals surface area contributed by atoms with Gasteiger partial charge in [0, 0.05) is 28.0 Å². The van der Waals surface area contributed by atoms with Gasteiger partial charge in [-0.05, 0) is 29.8 Å². The molecule has 5 rings (SSSR count). The van der Waals surface area contributed by atoms with E-state index >= 15 is 0 Å². The van der Waals surface area contributed by atoms with Crippen molar-refractivity contribution in [2.24, 2.45) is 7.05 Å². The first-order valence-electron chi connectivity index (χ1n) is 9.82. The van der Waals surface area contributed by atoms with Gasteiger partial charge in [0.05, 0.1) is 11.2 Å². The van der Waals surface area contributed by atoms with Gasteiger partial charge in [-0.15, -0.1) is 0 Å². The van der Waals surface area contributed by atoms with E-state index in [1.54, 1.807) is 18.2 Å². The largest absolute Gasteiger partial charge is 0.439 e. The number of carbonyl (C=O) groups is 1. The highest BCUT2D eigenvalue weighted by Crippen LogP contribution is 2.32. The molecule has 0 unspecified atom stereocenters. The van der Waals surface area contributed by atoms with E-state index in [-0.39, 0.29) is 11.7 Å². The summed E-state index contributed by atoms with van der Waals surface area (Å²) in [6, 6.07) is 23.2. The van der Waals surface area contributed by atoms with Gasteiger partial charge in [0.25, 0.3) is 5.91 Å². The van der Waals surface area contributed by atoms with E-state index in [4.69, 9.17) is 0 Å². The molecule has 0 bridgehead atoms. The molecular weight excluding hydrogens is 472 g/mol. The predicted octanol–water partition coefficient (Wildman–Crippen LogP) is 5.20. The second-order valence-electron chi connectivity index (χ2n) is 7.29. The average molecular weight is 489 g/mol. The van der Waals surface area contributed by atoms with Gasteiger partial charge in [-0.3, -0.25) is 14.3 Å². The molecule has 0 radical (unpaired) electrons. The van der Waals surface area contributed by atoms with Crippen LogP contribution in [0.2, 0.25) is 0 Å². The van der Waals surface area contributed by atoms with Crippen molar-refractivity contribution in [2.45, 2.75) is 0 Å². The SMILES string of the molecule is Cn1c(C(=O)Nc2ccc(Br)cc2-c2noc(=O)[nH]2)cc2cccc(-c3ccccc3)c21. The van der Waals surface area contributed by atoms with Crippen LogP contribution in [0.3, 0.4) is 0 Å². The summed E-state index contributed by atoms with van der Waals surface area (Å²) < 4.78 is 7.29. The van der Waals surface area contributed by atoms with E-state index in [1.807, 2.05) is 66.2 Å². The van der Waals surface area contributed by atoms with E-state index in [0.29, 0.717) is 16.9 Å². The Bertz CT molecular complexity index is 1520. The third-order valence-electron chi connectivity index (χ3n) is 5.30. The van der Waals surface area contributed by atoms with Crippen LogP contribution in [0.15, 0.2) is 86.6 Å². The quantitative estimate of drug-likeness (QED) is 0.363. The molecule has 7 nitrogen and oxygen atoms in total. The number of fused-ring (bicyclic) bond motifs is 1. The molecule has 0 saturated heterocycles. The maximum absolute atomic E-state index is 13.3. The van der Waals surface area contributed by atoms with E-state index in [2.05, 4.69) is 35.9 Å². The number of nitrogens with zero attached hydrogens (tertiary/aromatic N) is 2. The first-order chi connectivity index (χ1) is 15.5. The van der Waals surface area contributed by atoms with Crippen molar-refractivity contribution in [2.75, 3.05) is 5.32 Å². The van der Waals surface area contributed by atoms with Crippen LogP contribution in [-0.2, 0) is 7.05 Å². The molecule has 0 aliphatic carbocycles. The van der Waals surface area contributed by atoms with Crippen molar-refractivity contribution in [1.29, 1.82) is 0 Å². The van der Waals surface area contributed by atoms with Crippen LogP contribution in [0.25, 0.3) is 33.4 Å². The summed E-state index contributed by atoms with van der Waals surface area (Å²) in [6.45, 7) is 0. The molecule has 0 spiro atoms. The van der Waals surface area contributed by atoms with Crippen LogP contribution in [0.5, 0.6) is 0 Å². The third kappa shape index (κ3) is 3.54. The smallest absolute Gasteiger partial charge is 0.339 e. The molecule has 2 heterocycles. The van der Waals surface area contributed by atoms with Gasteiger partial charge in [0.2, 0.25) is 0 Å². The molecule has 2 N–H and O–H groups in total. The normalized spacial score (nSPS) is 11.1. The van der Waals surface area contributed by atoms with Crippen LogP contribution in [0, 0.1) is 0 Å². The van der Waals surface area contributed by atoms with Crippen LogP contribution in [-0.4, -0.2) is 20.6 Å². The zero-order valence-electron chi connectivity index (χ0n) is 16.9. The van der Waals surface area contributed by atoms with Crippen LogP contribution in [0.4, 0.5) is 5.69 Å². The number of benzene rings is 3. The number of aromatic amines is 1. The monoisotopic (exact) mass is 488 g/mol. The van der Waals surface area contributed by atoms with Crippen molar-refractivity contribution >= 4 is 38.4 Å². The number of aryl methyl sites for hydroxylation is 1. The molecular formula is C24H17BrN4O3. The van der Waals surface area contributed by atoms with Crippen molar-refractivity contribution in [1.82, 2.24) is 14.7 Å². The van der Waals surface area contributed by atoms with Gasteiger partial charge in [-0.2, -0.15) is 0 Å². The summed E-state index contributed by atoms with van der Waals surface area (Å²) in [5.41, 5.74) is 4.64. The molecule has 0 saturated carbocycles. The minimum atomic E-state index is -0.667. The van der Waals surface area contributed by atoms with Gasteiger partial charge in [0.15, 0.2) is 5.82 Å². The molecule has 0 fully saturated rings. The third-order valence-corrected chi connectivity index (χ3v) is 5.79. The molecule has 32 heavy (non-hydrogen) atoms. The Morgan fingerprint density at radius 3 is 2.59 bits per heavy atom. The number of hydrogen-bond donors (Lipinski definition) is 2. The fourth-order valence-electron chi connectivity index (χ4n) is 3.84. The summed E-state index contributed by atoms with van der Waals surface area (Å²) in [7, 11) is 1.88. The summed E-state index contributed by atoms with van der Waals surface area (Å²) in [4.78, 5) is 27.2. The van der Waals surface area contributed by atoms with E-state index in [0.717, 1.165) is 26.5 Å². The van der Waals surface area contributed by atoms with Gasteiger partial charge in [-0.25, -0.2) is 4.79 Å². The fraction of sp³-hybridized carbons (Fsp3) is 0.0417. The second kappa shape index (κ2) is 7.97. The number of H-pyrrole nitrogens is 1. The fourth-order valence-corrected chi connectivity index (χ4v) is 4.20. The van der Waals surface area contributed by atoms with Gasteiger partial charge in [0.1, 0.15) is 5.69 Å². The lowest BCUT2D eigenvalue weighted by atomic mass is 10.0. The molecule has 8 heteroatoms. The number of para-hydroxylation sites is 1. The van der Waals surface area contributed by atoms with Crippen molar-refractivity contribution in [3.8, 4) is 22.5 Å². The number of hydrogen-bond acceptors (Lipinski definition) is 4. The predicted molar refractivity (Wildman–Crippen MR) is 127 cm³/mol. The Morgan fingerprint density at radius 2 is 1.84 bits per heavy atom. The molecule has 5 aromatic rings. The number of anilines is 1. The summed E-state index contributed by atoms with van der Waals surface area (Å²) >= 11 is 3.41. The summed E-state index contributed by atoms with van der Waals surface area (Å²) in [6.07, 6.45) is 0. The molecule has 1 amide bonds. The summed E-state index contributed by atoms with van der Waals surface area (Å²) in [5.74, 6) is -0.716. The molecule has 0 aliphatic rings. The number of rotatable bonds is 4. The maximum Gasteiger partial charge on any atom is 0.439 e. The second-order valence-corrected chi connectivity index (χ2v) is 8.20. The molecule has 0 atom stereocenters. The lowest BCUT2D eigenvalue weighted by Gasteiger charge is -2.11. The minimum absolute atomic E-state index is 0.231. The summed E-state index contributed by atoms with van der Waals surface area (Å²) in [5, 5.41) is 7.65. The van der Waals surface area contributed by atoms with Crippen LogP contribution < -0.4 is 11.1 Å². The zero-order chi connectivity index (χ0) is 22.2. The number of halogens is 1. The highest BCUT2D eigenvalue weighted by Gasteiger charge is 2.19. The number of aromatic nitrogens is 3. The minimum Gasteiger partial charge on any atom is -0.339 e. The Morgan fingerprint density at radius 1 is 1.03 bits per heavy atom. The van der Waals surface area contributed by atoms with Crippen molar-refractivity contribution < 1.29 is 9.32 Å². The lowest BCUT2D eigenvalue weighted by molar-refractivity contribution is 0.102. The van der Waals surface area contributed by atoms with Gasteiger partial charge in [-0.1, -0.05) is 69.6 Å².